The first-order valence-electron chi connectivity index (χ1n) is 6.87. The summed E-state index contributed by atoms with van der Waals surface area (Å²) in [5.74, 6) is 0.712. The maximum Gasteiger partial charge on any atom is 0.196 e. The topological polar surface area (TPSA) is 35.5 Å². The minimum absolute atomic E-state index is 0.0309. The third kappa shape index (κ3) is 4.30. The molecule has 0 spiro atoms. The Labute approximate surface area is 137 Å². The van der Waals surface area contributed by atoms with E-state index >= 15 is 0 Å². The molecule has 22 heavy (non-hydrogen) atoms. The summed E-state index contributed by atoms with van der Waals surface area (Å²) in [6, 6.07) is 12.9. The van der Waals surface area contributed by atoms with Gasteiger partial charge < -0.3 is 9.47 Å². The van der Waals surface area contributed by atoms with Crippen LogP contribution >= 0.6 is 20.2 Å². The largest absolute Gasteiger partial charge is 0.465 e. The lowest BCUT2D eigenvalue weighted by atomic mass is 10.1. The Balaban J connectivity index is 2.09. The number of hydrogen-bond donors (Lipinski definition) is 0. The Morgan fingerprint density at radius 2 is 1.86 bits per heavy atom. The van der Waals surface area contributed by atoms with Crippen molar-refractivity contribution in [3.8, 4) is 5.75 Å². The predicted octanol–water partition coefficient (Wildman–Crippen LogP) is 4.16. The van der Waals surface area contributed by atoms with Crippen LogP contribution in [0.5, 0.6) is 5.75 Å². The molecule has 0 N–H and O–H groups in total. The molecular formula is C17H18ClO3P. The Morgan fingerprint density at radius 1 is 1.18 bits per heavy atom. The second-order valence-corrected chi connectivity index (χ2v) is 6.52. The van der Waals surface area contributed by atoms with Crippen LogP contribution in [0.1, 0.15) is 22.8 Å². The SMILES string of the molecule is COC(C)Oc1ccc(PC(=O)c2c(C)cccc2Cl)cc1. The van der Waals surface area contributed by atoms with Crippen molar-refractivity contribution in [2.75, 3.05) is 7.11 Å². The average Bonchev–Trinajstić information content (AvgIpc) is 2.49. The molecule has 0 aliphatic rings. The number of rotatable bonds is 6. The Morgan fingerprint density at radius 3 is 2.45 bits per heavy atom. The second kappa shape index (κ2) is 7.73. The highest BCUT2D eigenvalue weighted by Crippen LogP contribution is 2.27. The van der Waals surface area contributed by atoms with E-state index in [1.165, 1.54) is 0 Å². The van der Waals surface area contributed by atoms with Gasteiger partial charge in [-0.2, -0.15) is 0 Å². The predicted molar refractivity (Wildman–Crippen MR) is 92.0 cm³/mol. The standard InChI is InChI=1S/C17H18ClO3P/c1-11-5-4-6-15(18)16(11)17(19)22-14-9-7-13(8-10-14)21-12(2)20-3/h4-10,12,22H,1-3H3. The van der Waals surface area contributed by atoms with Crippen LogP contribution in [0.4, 0.5) is 0 Å². The highest BCUT2D eigenvalue weighted by Gasteiger charge is 2.14. The second-order valence-electron chi connectivity index (χ2n) is 4.83. The van der Waals surface area contributed by atoms with Gasteiger partial charge in [-0.05, 0) is 51.5 Å². The summed E-state index contributed by atoms with van der Waals surface area (Å²) < 4.78 is 10.6. The van der Waals surface area contributed by atoms with Crippen molar-refractivity contribution < 1.29 is 14.3 Å². The summed E-state index contributed by atoms with van der Waals surface area (Å²) in [6.45, 7) is 3.71. The summed E-state index contributed by atoms with van der Waals surface area (Å²) in [6.07, 6.45) is -0.305. The van der Waals surface area contributed by atoms with Crippen LogP contribution in [-0.2, 0) is 4.74 Å². The number of benzene rings is 2. The molecule has 0 bridgehead atoms. The minimum Gasteiger partial charge on any atom is -0.465 e. The molecule has 0 heterocycles. The van der Waals surface area contributed by atoms with Crippen LogP contribution in [0.25, 0.3) is 0 Å². The van der Waals surface area contributed by atoms with Crippen LogP contribution in [0.3, 0.4) is 0 Å². The van der Waals surface area contributed by atoms with Crippen molar-refractivity contribution >= 4 is 31.0 Å². The highest BCUT2D eigenvalue weighted by molar-refractivity contribution is 7.66. The van der Waals surface area contributed by atoms with Gasteiger partial charge in [0.15, 0.2) is 11.8 Å². The number of carbonyl (C=O) groups is 1. The lowest BCUT2D eigenvalue weighted by Crippen LogP contribution is -2.13. The van der Waals surface area contributed by atoms with Crippen molar-refractivity contribution in [2.45, 2.75) is 20.1 Å². The van der Waals surface area contributed by atoms with E-state index in [9.17, 15) is 4.79 Å². The zero-order chi connectivity index (χ0) is 16.1. The molecule has 2 unspecified atom stereocenters. The maximum atomic E-state index is 12.4. The van der Waals surface area contributed by atoms with Gasteiger partial charge in [-0.15, -0.1) is 0 Å². The molecule has 0 radical (unpaired) electrons. The molecule has 116 valence electrons. The van der Waals surface area contributed by atoms with Crippen molar-refractivity contribution in [1.29, 1.82) is 0 Å². The Kier molecular flexibility index (Phi) is 5.96. The molecule has 3 nitrogen and oxygen atoms in total. The average molecular weight is 337 g/mol. The number of carbonyl (C=O) groups excluding carboxylic acids is 1. The first kappa shape index (κ1) is 17.0. The van der Waals surface area contributed by atoms with Gasteiger partial charge in [-0.25, -0.2) is 0 Å². The number of halogens is 1. The van der Waals surface area contributed by atoms with Crippen LogP contribution in [-0.4, -0.2) is 18.9 Å². The van der Waals surface area contributed by atoms with Crippen molar-refractivity contribution in [3.05, 3.63) is 58.6 Å². The molecule has 0 aliphatic carbocycles. The van der Waals surface area contributed by atoms with E-state index in [0.29, 0.717) is 16.3 Å². The number of hydrogen-bond acceptors (Lipinski definition) is 3. The zero-order valence-electron chi connectivity index (χ0n) is 12.7. The fraction of sp³-hybridized carbons (Fsp3) is 0.235. The van der Waals surface area contributed by atoms with Gasteiger partial charge in [-0.3, -0.25) is 4.79 Å². The van der Waals surface area contributed by atoms with E-state index in [4.69, 9.17) is 21.1 Å². The van der Waals surface area contributed by atoms with Crippen molar-refractivity contribution in [1.82, 2.24) is 0 Å². The van der Waals surface area contributed by atoms with Gasteiger partial charge in [-0.1, -0.05) is 35.9 Å². The van der Waals surface area contributed by atoms with Gasteiger partial charge in [0.1, 0.15) is 5.75 Å². The molecule has 0 fully saturated rings. The zero-order valence-corrected chi connectivity index (χ0v) is 14.5. The third-order valence-electron chi connectivity index (χ3n) is 3.20. The molecule has 0 amide bonds. The van der Waals surface area contributed by atoms with E-state index in [-0.39, 0.29) is 20.4 Å². The van der Waals surface area contributed by atoms with Crippen LogP contribution < -0.4 is 10.0 Å². The highest BCUT2D eigenvalue weighted by atomic mass is 35.5. The molecule has 0 saturated heterocycles. The number of ether oxygens (including phenoxy) is 2. The lowest BCUT2D eigenvalue weighted by Gasteiger charge is -2.13. The molecular weight excluding hydrogens is 319 g/mol. The fourth-order valence-electron chi connectivity index (χ4n) is 1.97. The van der Waals surface area contributed by atoms with E-state index in [1.54, 1.807) is 13.2 Å². The number of methoxy groups -OCH3 is 1. The minimum atomic E-state index is -0.305. The molecule has 0 aliphatic heterocycles. The fourth-order valence-corrected chi connectivity index (χ4v) is 3.41. The van der Waals surface area contributed by atoms with Crippen LogP contribution in [0.2, 0.25) is 5.02 Å². The van der Waals surface area contributed by atoms with Crippen molar-refractivity contribution in [2.24, 2.45) is 0 Å². The summed E-state index contributed by atoms with van der Waals surface area (Å²) >= 11 is 6.14. The van der Waals surface area contributed by atoms with Gasteiger partial charge >= 0.3 is 0 Å². The summed E-state index contributed by atoms with van der Waals surface area (Å²) in [5.41, 5.74) is 1.55. The van der Waals surface area contributed by atoms with Crippen molar-refractivity contribution in [3.63, 3.8) is 0 Å². The normalized spacial score (nSPS) is 12.5. The Bertz CT molecular complexity index is 635. The first-order valence-corrected chi connectivity index (χ1v) is 8.25. The summed E-state index contributed by atoms with van der Waals surface area (Å²) in [4.78, 5) is 12.4. The van der Waals surface area contributed by atoms with Crippen LogP contribution in [0.15, 0.2) is 42.5 Å². The summed E-state index contributed by atoms with van der Waals surface area (Å²) in [5, 5.41) is 1.45. The van der Waals surface area contributed by atoms with Gasteiger partial charge in [0.25, 0.3) is 0 Å². The summed E-state index contributed by atoms with van der Waals surface area (Å²) in [7, 11) is 1.62. The van der Waals surface area contributed by atoms with Gasteiger partial charge in [0, 0.05) is 12.7 Å². The van der Waals surface area contributed by atoms with Gasteiger partial charge in [0.05, 0.1) is 5.02 Å². The monoisotopic (exact) mass is 336 g/mol. The Hall–Kier alpha value is -1.41. The van der Waals surface area contributed by atoms with Gasteiger partial charge in [0.2, 0.25) is 0 Å². The third-order valence-corrected chi connectivity index (χ3v) is 4.61. The van der Waals surface area contributed by atoms with E-state index in [2.05, 4.69) is 0 Å². The smallest absolute Gasteiger partial charge is 0.196 e. The van der Waals surface area contributed by atoms with E-state index < -0.39 is 0 Å². The van der Waals surface area contributed by atoms with E-state index in [1.807, 2.05) is 50.2 Å². The quantitative estimate of drug-likeness (QED) is 0.587. The van der Waals surface area contributed by atoms with E-state index in [0.717, 1.165) is 10.9 Å². The molecule has 0 aromatic heterocycles. The molecule has 2 rings (SSSR count). The molecule has 5 heteroatoms. The molecule has 2 aromatic rings. The first-order chi connectivity index (χ1) is 10.5. The number of aryl methyl sites for hydroxylation is 1. The molecule has 0 saturated carbocycles. The van der Waals surface area contributed by atoms with Crippen LogP contribution in [0, 0.1) is 6.92 Å². The maximum absolute atomic E-state index is 12.4. The molecule has 2 aromatic carbocycles. The lowest BCUT2D eigenvalue weighted by molar-refractivity contribution is -0.0382. The molecule has 2 atom stereocenters.